The van der Waals surface area contributed by atoms with Gasteiger partial charge >= 0.3 is 5.97 Å². The van der Waals surface area contributed by atoms with E-state index >= 15 is 0 Å². The van der Waals surface area contributed by atoms with Crippen LogP contribution in [0.4, 0.5) is 9.39 Å². The van der Waals surface area contributed by atoms with E-state index in [1.807, 2.05) is 0 Å². The maximum atomic E-state index is 13.2. The summed E-state index contributed by atoms with van der Waals surface area (Å²) in [6.45, 7) is 1.87. The minimum Gasteiger partial charge on any atom is -0.462 e. The van der Waals surface area contributed by atoms with E-state index in [0.29, 0.717) is 16.1 Å². The average molecular weight is 405 g/mol. The zero-order valence-electron chi connectivity index (χ0n) is 14.2. The predicted molar refractivity (Wildman–Crippen MR) is 103 cm³/mol. The molecule has 0 atom stereocenters. The van der Waals surface area contributed by atoms with Crippen molar-refractivity contribution in [3.8, 4) is 11.1 Å². The molecule has 2 aromatic heterocycles. The fourth-order valence-electron chi connectivity index (χ4n) is 2.42. The SMILES string of the molecule is CCOC(=O)c1c(-c2ccc(F)cc2)csc1NC(=O)c1cccnc1Cl. The molecular weight excluding hydrogens is 391 g/mol. The van der Waals surface area contributed by atoms with Gasteiger partial charge in [-0.1, -0.05) is 23.7 Å². The molecule has 0 fully saturated rings. The van der Waals surface area contributed by atoms with E-state index < -0.39 is 11.9 Å². The maximum absolute atomic E-state index is 13.2. The maximum Gasteiger partial charge on any atom is 0.341 e. The topological polar surface area (TPSA) is 68.3 Å². The van der Waals surface area contributed by atoms with E-state index in [4.69, 9.17) is 16.3 Å². The van der Waals surface area contributed by atoms with Crippen molar-refractivity contribution < 1.29 is 18.7 Å². The molecule has 1 aromatic carbocycles. The van der Waals surface area contributed by atoms with Gasteiger partial charge in [-0.3, -0.25) is 4.79 Å². The molecule has 0 aliphatic heterocycles. The van der Waals surface area contributed by atoms with Gasteiger partial charge in [0.15, 0.2) is 0 Å². The minimum absolute atomic E-state index is 0.0583. The Kier molecular flexibility index (Phi) is 5.83. The van der Waals surface area contributed by atoms with Crippen molar-refractivity contribution in [3.63, 3.8) is 0 Å². The van der Waals surface area contributed by atoms with E-state index in [9.17, 15) is 14.0 Å². The molecule has 138 valence electrons. The summed E-state index contributed by atoms with van der Waals surface area (Å²) in [5, 5.41) is 4.77. The number of pyridine rings is 1. The second kappa shape index (κ2) is 8.28. The summed E-state index contributed by atoms with van der Waals surface area (Å²) in [5.41, 5.74) is 1.58. The number of benzene rings is 1. The smallest absolute Gasteiger partial charge is 0.341 e. The van der Waals surface area contributed by atoms with Gasteiger partial charge in [0, 0.05) is 17.1 Å². The zero-order valence-corrected chi connectivity index (χ0v) is 15.7. The molecule has 3 aromatic rings. The molecule has 1 N–H and O–H groups in total. The lowest BCUT2D eigenvalue weighted by Crippen LogP contribution is -2.15. The van der Waals surface area contributed by atoms with Crippen molar-refractivity contribution in [2.45, 2.75) is 6.92 Å². The van der Waals surface area contributed by atoms with Crippen LogP contribution in [0.2, 0.25) is 5.15 Å². The number of amides is 1. The molecule has 0 saturated heterocycles. The number of thiophene rings is 1. The molecule has 8 heteroatoms. The van der Waals surface area contributed by atoms with Crippen molar-refractivity contribution in [2.24, 2.45) is 0 Å². The number of nitrogens with one attached hydrogen (secondary N) is 1. The third-order valence-corrected chi connectivity index (χ3v) is 4.85. The number of esters is 1. The zero-order chi connectivity index (χ0) is 19.4. The first-order chi connectivity index (χ1) is 13.0. The molecule has 0 aliphatic carbocycles. The van der Waals surface area contributed by atoms with Gasteiger partial charge in [0.1, 0.15) is 21.5 Å². The third-order valence-electron chi connectivity index (χ3n) is 3.66. The van der Waals surface area contributed by atoms with Crippen LogP contribution >= 0.6 is 22.9 Å². The van der Waals surface area contributed by atoms with E-state index in [2.05, 4.69) is 10.3 Å². The predicted octanol–water partition coefficient (Wildman–Crippen LogP) is 5.03. The van der Waals surface area contributed by atoms with Crippen LogP contribution in [0.1, 0.15) is 27.6 Å². The second-order valence-corrected chi connectivity index (χ2v) is 6.61. The van der Waals surface area contributed by atoms with E-state index in [-0.39, 0.29) is 28.7 Å². The second-order valence-electron chi connectivity index (χ2n) is 5.38. The Morgan fingerprint density at radius 2 is 2.00 bits per heavy atom. The largest absolute Gasteiger partial charge is 0.462 e. The van der Waals surface area contributed by atoms with Crippen LogP contribution in [0.25, 0.3) is 11.1 Å². The highest BCUT2D eigenvalue weighted by molar-refractivity contribution is 7.15. The molecule has 3 rings (SSSR count). The fraction of sp³-hybridized carbons (Fsp3) is 0.105. The molecule has 0 bridgehead atoms. The average Bonchev–Trinajstić information content (AvgIpc) is 3.06. The lowest BCUT2D eigenvalue weighted by molar-refractivity contribution is 0.0529. The van der Waals surface area contributed by atoms with Crippen molar-refractivity contribution in [1.29, 1.82) is 0 Å². The van der Waals surface area contributed by atoms with Crippen LogP contribution < -0.4 is 5.32 Å². The monoisotopic (exact) mass is 404 g/mol. The quantitative estimate of drug-likeness (QED) is 0.478. The summed E-state index contributed by atoms with van der Waals surface area (Å²) in [7, 11) is 0. The van der Waals surface area contributed by atoms with Gasteiger partial charge in [0.2, 0.25) is 0 Å². The Bertz CT molecular complexity index is 989. The van der Waals surface area contributed by atoms with E-state index in [0.717, 1.165) is 0 Å². The molecule has 5 nitrogen and oxygen atoms in total. The van der Waals surface area contributed by atoms with Gasteiger partial charge in [-0.25, -0.2) is 14.2 Å². The van der Waals surface area contributed by atoms with Gasteiger partial charge in [0.25, 0.3) is 5.91 Å². The number of carbonyl (C=O) groups excluding carboxylic acids is 2. The van der Waals surface area contributed by atoms with Crippen LogP contribution in [0.15, 0.2) is 48.0 Å². The van der Waals surface area contributed by atoms with Gasteiger partial charge < -0.3 is 10.1 Å². The summed E-state index contributed by atoms with van der Waals surface area (Å²) in [4.78, 5) is 28.9. The van der Waals surface area contributed by atoms with Crippen molar-refractivity contribution >= 4 is 39.8 Å². The summed E-state index contributed by atoms with van der Waals surface area (Å²) < 4.78 is 18.3. The number of nitrogens with zero attached hydrogens (tertiary/aromatic N) is 1. The first-order valence-electron chi connectivity index (χ1n) is 7.97. The first-order valence-corrected chi connectivity index (χ1v) is 9.23. The highest BCUT2D eigenvalue weighted by Gasteiger charge is 2.23. The molecule has 0 spiro atoms. The van der Waals surface area contributed by atoms with Crippen LogP contribution in [0.3, 0.4) is 0 Å². The molecule has 1 amide bonds. The Morgan fingerprint density at radius 1 is 1.26 bits per heavy atom. The minimum atomic E-state index is -0.578. The summed E-state index contributed by atoms with van der Waals surface area (Å²) in [6, 6.07) is 8.84. The van der Waals surface area contributed by atoms with Crippen LogP contribution in [-0.4, -0.2) is 23.5 Å². The van der Waals surface area contributed by atoms with Crippen molar-refractivity contribution in [1.82, 2.24) is 4.98 Å². The molecule has 2 heterocycles. The number of anilines is 1. The van der Waals surface area contributed by atoms with Crippen LogP contribution in [0.5, 0.6) is 0 Å². The Hall–Kier alpha value is -2.77. The number of hydrogen-bond donors (Lipinski definition) is 1. The number of hydrogen-bond acceptors (Lipinski definition) is 5. The highest BCUT2D eigenvalue weighted by atomic mass is 35.5. The normalized spacial score (nSPS) is 10.5. The van der Waals surface area contributed by atoms with Gasteiger partial charge in [-0.2, -0.15) is 0 Å². The number of rotatable bonds is 5. The van der Waals surface area contributed by atoms with E-state index in [1.165, 1.54) is 35.7 Å². The molecule has 0 radical (unpaired) electrons. The van der Waals surface area contributed by atoms with Crippen molar-refractivity contribution in [2.75, 3.05) is 11.9 Å². The molecule has 0 saturated carbocycles. The Labute approximate surface area is 163 Å². The molecular formula is C19H14ClFN2O3S. The molecule has 0 unspecified atom stereocenters. The van der Waals surface area contributed by atoms with Crippen LogP contribution in [0, 0.1) is 5.82 Å². The van der Waals surface area contributed by atoms with Gasteiger partial charge in [-0.15, -0.1) is 11.3 Å². The third kappa shape index (κ3) is 4.15. The van der Waals surface area contributed by atoms with Gasteiger partial charge in [-0.05, 0) is 36.8 Å². The van der Waals surface area contributed by atoms with Crippen LogP contribution in [-0.2, 0) is 4.74 Å². The van der Waals surface area contributed by atoms with Gasteiger partial charge in [0.05, 0.1) is 12.2 Å². The first kappa shape index (κ1) is 19.0. The lowest BCUT2D eigenvalue weighted by atomic mass is 10.0. The summed E-state index contributed by atoms with van der Waals surface area (Å²) in [6.07, 6.45) is 1.47. The van der Waals surface area contributed by atoms with E-state index in [1.54, 1.807) is 30.5 Å². The highest BCUT2D eigenvalue weighted by Crippen LogP contribution is 2.36. The number of ether oxygens (including phenoxy) is 1. The molecule has 27 heavy (non-hydrogen) atoms. The standard InChI is InChI=1S/C19H14ClFN2O3S/c1-2-26-19(25)15-14(11-5-7-12(21)8-6-11)10-27-18(15)23-17(24)13-4-3-9-22-16(13)20/h3-10H,2H2,1H3,(H,23,24). The summed E-state index contributed by atoms with van der Waals surface area (Å²) in [5.74, 6) is -1.46. The Morgan fingerprint density at radius 3 is 2.67 bits per heavy atom. The Balaban J connectivity index is 2.00. The number of aromatic nitrogens is 1. The van der Waals surface area contributed by atoms with Crippen molar-refractivity contribution in [3.05, 3.63) is 70.1 Å². The summed E-state index contributed by atoms with van der Waals surface area (Å²) >= 11 is 7.13. The lowest BCUT2D eigenvalue weighted by Gasteiger charge is -2.09. The molecule has 0 aliphatic rings. The number of halogens is 2. The fourth-order valence-corrected chi connectivity index (χ4v) is 3.58. The number of carbonyl (C=O) groups is 2.